The van der Waals surface area contributed by atoms with Crippen molar-refractivity contribution in [3.63, 3.8) is 0 Å². The van der Waals surface area contributed by atoms with Gasteiger partial charge in [0, 0.05) is 41.8 Å². The number of rotatable bonds is 5. The second-order valence-corrected chi connectivity index (χ2v) is 9.18. The zero-order valence-electron chi connectivity index (χ0n) is 18.9. The summed E-state index contributed by atoms with van der Waals surface area (Å²) in [5, 5.41) is 8.54. The number of ether oxygens (including phenoxy) is 1. The molecule has 35 heavy (non-hydrogen) atoms. The molecule has 2 heterocycles. The third kappa shape index (κ3) is 5.57. The third-order valence-electron chi connectivity index (χ3n) is 5.97. The monoisotopic (exact) mass is 506 g/mol. The van der Waals surface area contributed by atoms with Gasteiger partial charge in [0.05, 0.1) is 35.3 Å². The number of fused-ring (bicyclic) bond motifs is 1. The molecule has 178 valence electrons. The molecule has 0 spiro atoms. The fourth-order valence-electron chi connectivity index (χ4n) is 4.19. The number of pyridine rings is 1. The first-order chi connectivity index (χ1) is 17.1. The Morgan fingerprint density at radius 1 is 0.914 bits per heavy atom. The van der Waals surface area contributed by atoms with Gasteiger partial charge in [0.1, 0.15) is 0 Å². The molecular weight excluding hydrogens is 483 g/mol. The number of halogens is 2. The Bertz CT molecular complexity index is 1360. The van der Waals surface area contributed by atoms with Crippen LogP contribution in [0.1, 0.15) is 5.69 Å². The molecular formula is C27H24Cl2N4O2. The first kappa shape index (κ1) is 23.6. The highest BCUT2D eigenvalue weighted by atomic mass is 35.5. The lowest BCUT2D eigenvalue weighted by Gasteiger charge is -2.26. The van der Waals surface area contributed by atoms with Gasteiger partial charge in [-0.05, 0) is 41.3 Å². The number of carbonyl (C=O) groups excluding carboxylic acids is 1. The van der Waals surface area contributed by atoms with Crippen molar-refractivity contribution in [3.05, 3.63) is 88.7 Å². The Balaban J connectivity index is 1.37. The number of nitrogens with one attached hydrogen (secondary N) is 2. The molecule has 1 saturated heterocycles. The van der Waals surface area contributed by atoms with E-state index in [0.717, 1.165) is 60.4 Å². The van der Waals surface area contributed by atoms with Gasteiger partial charge in [-0.1, -0.05) is 59.6 Å². The van der Waals surface area contributed by atoms with E-state index in [0.29, 0.717) is 21.4 Å². The molecule has 0 radical (unpaired) electrons. The number of hydrogen-bond acceptors (Lipinski definition) is 4. The van der Waals surface area contributed by atoms with Crippen LogP contribution in [0.2, 0.25) is 10.0 Å². The maximum atomic E-state index is 12.7. The number of benzene rings is 3. The maximum absolute atomic E-state index is 12.7. The molecule has 0 aliphatic carbocycles. The molecule has 1 aliphatic rings. The molecule has 2 amide bonds. The van der Waals surface area contributed by atoms with E-state index in [1.165, 1.54) is 0 Å². The van der Waals surface area contributed by atoms with Crippen LogP contribution in [0.25, 0.3) is 21.9 Å². The number of morpholine rings is 1. The molecule has 0 unspecified atom stereocenters. The minimum Gasteiger partial charge on any atom is -0.379 e. The molecule has 1 aromatic heterocycles. The van der Waals surface area contributed by atoms with E-state index in [2.05, 4.69) is 27.7 Å². The largest absolute Gasteiger partial charge is 0.379 e. The molecule has 0 saturated carbocycles. The van der Waals surface area contributed by atoms with Crippen LogP contribution in [-0.4, -0.2) is 42.2 Å². The van der Waals surface area contributed by atoms with Crippen LogP contribution < -0.4 is 10.6 Å². The predicted octanol–water partition coefficient (Wildman–Crippen LogP) is 6.68. The van der Waals surface area contributed by atoms with Gasteiger partial charge in [0.25, 0.3) is 0 Å². The fraction of sp³-hybridized carbons (Fsp3) is 0.185. The van der Waals surface area contributed by atoms with Crippen LogP contribution in [0, 0.1) is 0 Å². The summed E-state index contributed by atoms with van der Waals surface area (Å²) in [5.41, 5.74) is 4.25. The average molecular weight is 507 g/mol. The van der Waals surface area contributed by atoms with E-state index in [9.17, 15) is 4.79 Å². The summed E-state index contributed by atoms with van der Waals surface area (Å²) in [6.07, 6.45) is 1.92. The summed E-state index contributed by atoms with van der Waals surface area (Å²) in [6.45, 7) is 4.22. The number of nitrogens with zero attached hydrogens (tertiary/aromatic N) is 2. The van der Waals surface area contributed by atoms with Gasteiger partial charge in [-0.15, -0.1) is 0 Å². The quantitative estimate of drug-likeness (QED) is 0.316. The van der Waals surface area contributed by atoms with E-state index in [-0.39, 0.29) is 0 Å². The summed E-state index contributed by atoms with van der Waals surface area (Å²) in [4.78, 5) is 19.8. The average Bonchev–Trinajstić information content (AvgIpc) is 2.88. The van der Waals surface area contributed by atoms with Crippen LogP contribution in [0.4, 0.5) is 16.2 Å². The lowest BCUT2D eigenvalue weighted by molar-refractivity contribution is 0.0336. The molecule has 1 fully saturated rings. The molecule has 2 N–H and O–H groups in total. The SMILES string of the molecule is O=C(Nc1cc(Cl)ccc1Cl)Nc1ccc(-c2ccc(CN3CCOCC3)nc2)c2ccccc12. The van der Waals surface area contributed by atoms with Gasteiger partial charge in [-0.3, -0.25) is 9.88 Å². The summed E-state index contributed by atoms with van der Waals surface area (Å²) in [5.74, 6) is 0. The lowest BCUT2D eigenvalue weighted by atomic mass is 9.98. The van der Waals surface area contributed by atoms with Gasteiger partial charge >= 0.3 is 6.03 Å². The molecule has 0 atom stereocenters. The topological polar surface area (TPSA) is 66.5 Å². The van der Waals surface area contributed by atoms with Crippen LogP contribution in [0.15, 0.2) is 72.9 Å². The summed E-state index contributed by atoms with van der Waals surface area (Å²) >= 11 is 12.2. The molecule has 5 rings (SSSR count). The van der Waals surface area contributed by atoms with Gasteiger partial charge in [0.2, 0.25) is 0 Å². The fourth-order valence-corrected chi connectivity index (χ4v) is 4.53. The zero-order valence-corrected chi connectivity index (χ0v) is 20.4. The Morgan fingerprint density at radius 2 is 1.69 bits per heavy atom. The minimum absolute atomic E-state index is 0.402. The van der Waals surface area contributed by atoms with Crippen molar-refractivity contribution in [1.82, 2.24) is 9.88 Å². The third-order valence-corrected chi connectivity index (χ3v) is 6.54. The second-order valence-electron chi connectivity index (χ2n) is 8.34. The first-order valence-electron chi connectivity index (χ1n) is 11.4. The van der Waals surface area contributed by atoms with Crippen molar-refractivity contribution in [2.45, 2.75) is 6.54 Å². The number of anilines is 2. The predicted molar refractivity (Wildman–Crippen MR) is 142 cm³/mol. The van der Waals surface area contributed by atoms with Gasteiger partial charge in [0.15, 0.2) is 0 Å². The Morgan fingerprint density at radius 3 is 2.46 bits per heavy atom. The summed E-state index contributed by atoms with van der Waals surface area (Å²) < 4.78 is 5.43. The highest BCUT2D eigenvalue weighted by Crippen LogP contribution is 2.33. The number of aromatic nitrogens is 1. The van der Waals surface area contributed by atoms with Crippen molar-refractivity contribution in [1.29, 1.82) is 0 Å². The maximum Gasteiger partial charge on any atom is 0.323 e. The van der Waals surface area contributed by atoms with E-state index in [4.69, 9.17) is 32.9 Å². The zero-order chi connectivity index (χ0) is 24.2. The lowest BCUT2D eigenvalue weighted by Crippen LogP contribution is -2.35. The van der Waals surface area contributed by atoms with Gasteiger partial charge in [-0.25, -0.2) is 4.79 Å². The van der Waals surface area contributed by atoms with Crippen LogP contribution >= 0.6 is 23.2 Å². The standard InChI is InChI=1S/C27H24Cl2N4O2/c28-19-6-9-24(29)26(15-19)32-27(34)31-25-10-8-21(22-3-1-2-4-23(22)25)18-5-7-20(30-16-18)17-33-11-13-35-14-12-33/h1-10,15-16H,11-14,17H2,(H2,31,32,34). The summed E-state index contributed by atoms with van der Waals surface area (Å²) in [7, 11) is 0. The van der Waals surface area contributed by atoms with E-state index < -0.39 is 6.03 Å². The highest BCUT2D eigenvalue weighted by molar-refractivity contribution is 6.35. The smallest absolute Gasteiger partial charge is 0.323 e. The van der Waals surface area contributed by atoms with Crippen LogP contribution in [0.5, 0.6) is 0 Å². The Labute approximate surface area is 213 Å². The number of hydrogen-bond donors (Lipinski definition) is 2. The van der Waals surface area contributed by atoms with E-state index >= 15 is 0 Å². The van der Waals surface area contributed by atoms with E-state index in [1.54, 1.807) is 18.2 Å². The van der Waals surface area contributed by atoms with Crippen molar-refractivity contribution in [2.75, 3.05) is 36.9 Å². The van der Waals surface area contributed by atoms with E-state index in [1.807, 2.05) is 42.6 Å². The van der Waals surface area contributed by atoms with Crippen LogP contribution in [-0.2, 0) is 11.3 Å². The minimum atomic E-state index is -0.402. The molecule has 6 nitrogen and oxygen atoms in total. The van der Waals surface area contributed by atoms with Gasteiger partial charge in [-0.2, -0.15) is 0 Å². The number of carbonyl (C=O) groups is 1. The Hall–Kier alpha value is -3.16. The highest BCUT2D eigenvalue weighted by Gasteiger charge is 2.14. The molecule has 1 aliphatic heterocycles. The molecule has 0 bridgehead atoms. The number of urea groups is 1. The molecule has 3 aromatic carbocycles. The number of amides is 2. The molecule has 8 heteroatoms. The van der Waals surface area contributed by atoms with Gasteiger partial charge < -0.3 is 15.4 Å². The van der Waals surface area contributed by atoms with Crippen molar-refractivity contribution in [3.8, 4) is 11.1 Å². The Kier molecular flexibility index (Phi) is 7.16. The summed E-state index contributed by atoms with van der Waals surface area (Å²) in [6, 6.07) is 20.6. The molecule has 4 aromatic rings. The second kappa shape index (κ2) is 10.6. The normalized spacial score (nSPS) is 14.1. The van der Waals surface area contributed by atoms with Crippen molar-refractivity contribution in [2.24, 2.45) is 0 Å². The van der Waals surface area contributed by atoms with Crippen LogP contribution in [0.3, 0.4) is 0 Å². The van der Waals surface area contributed by atoms with Crippen molar-refractivity contribution < 1.29 is 9.53 Å². The van der Waals surface area contributed by atoms with Crippen molar-refractivity contribution >= 4 is 51.4 Å². The first-order valence-corrected chi connectivity index (χ1v) is 12.1.